The Morgan fingerprint density at radius 2 is 1.38 bits per heavy atom. The molecule has 0 bridgehead atoms. The number of epoxide rings is 3. The van der Waals surface area contributed by atoms with Gasteiger partial charge in [-0.05, 0) is 5.92 Å². The summed E-state index contributed by atoms with van der Waals surface area (Å²) >= 11 is 0. The molecule has 0 aromatic heterocycles. The van der Waals surface area contributed by atoms with Crippen molar-refractivity contribution in [3.63, 3.8) is 0 Å². The van der Waals surface area contributed by atoms with Crippen LogP contribution < -0.4 is 0 Å². The Morgan fingerprint density at radius 3 is 1.69 bits per heavy atom. The van der Waals surface area contributed by atoms with Gasteiger partial charge in [-0.1, -0.05) is 13.0 Å². The van der Waals surface area contributed by atoms with E-state index in [-0.39, 0.29) is 24.2 Å². The van der Waals surface area contributed by atoms with Crippen LogP contribution in [0.3, 0.4) is 0 Å². The van der Waals surface area contributed by atoms with Crippen LogP contribution in [0.2, 0.25) is 0 Å². The fourth-order valence-corrected chi connectivity index (χ4v) is 2.62. The normalized spacial score (nSPS) is 30.1. The zero-order chi connectivity index (χ0) is 18.4. The van der Waals surface area contributed by atoms with E-state index >= 15 is 0 Å². The molecule has 26 heavy (non-hydrogen) atoms. The Labute approximate surface area is 153 Å². The average molecular weight is 372 g/mol. The standard InChI is InChI=1S/C18H28O8/c1-13(2-3-17(19)20)18(10-21-4-14-7-24-14,11-22-5-15-8-25-15)12-23-6-16-9-26-16/h2-3,13-16H,4-12H2,1H3,(H,19,20). The Bertz CT molecular complexity index is 436. The number of rotatable bonds is 15. The van der Waals surface area contributed by atoms with Crippen LogP contribution >= 0.6 is 0 Å². The molecule has 0 aromatic rings. The van der Waals surface area contributed by atoms with E-state index in [1.165, 1.54) is 0 Å². The second-order valence-electron chi connectivity index (χ2n) is 7.26. The minimum Gasteiger partial charge on any atom is -0.478 e. The van der Waals surface area contributed by atoms with Gasteiger partial charge in [-0.2, -0.15) is 0 Å². The van der Waals surface area contributed by atoms with E-state index in [9.17, 15) is 4.79 Å². The number of aliphatic carboxylic acids is 1. The molecule has 0 spiro atoms. The van der Waals surface area contributed by atoms with Crippen molar-refractivity contribution in [2.24, 2.45) is 11.3 Å². The predicted molar refractivity (Wildman–Crippen MR) is 90.0 cm³/mol. The van der Waals surface area contributed by atoms with Crippen LogP contribution in [-0.4, -0.2) is 88.8 Å². The van der Waals surface area contributed by atoms with Gasteiger partial charge in [-0.15, -0.1) is 0 Å². The monoisotopic (exact) mass is 372 g/mol. The summed E-state index contributed by atoms with van der Waals surface area (Å²) in [6, 6.07) is 0. The molecule has 148 valence electrons. The van der Waals surface area contributed by atoms with Gasteiger partial charge in [0.2, 0.25) is 0 Å². The molecule has 0 amide bonds. The average Bonchev–Trinajstić information content (AvgIpc) is 3.45. The molecule has 8 nitrogen and oxygen atoms in total. The first-order chi connectivity index (χ1) is 12.6. The van der Waals surface area contributed by atoms with Crippen molar-refractivity contribution in [1.29, 1.82) is 0 Å². The Balaban J connectivity index is 1.61. The van der Waals surface area contributed by atoms with Crippen LogP contribution in [0, 0.1) is 11.3 Å². The first kappa shape index (κ1) is 19.7. The third-order valence-electron chi connectivity index (χ3n) is 4.78. The highest BCUT2D eigenvalue weighted by molar-refractivity contribution is 5.79. The second kappa shape index (κ2) is 9.25. The van der Waals surface area contributed by atoms with Gasteiger partial charge in [0.25, 0.3) is 0 Å². The predicted octanol–water partition coefficient (Wildman–Crippen LogP) is 0.496. The van der Waals surface area contributed by atoms with Crippen LogP contribution in [-0.2, 0) is 33.2 Å². The summed E-state index contributed by atoms with van der Waals surface area (Å²) in [6.07, 6.45) is 3.34. The van der Waals surface area contributed by atoms with Gasteiger partial charge in [0.05, 0.1) is 59.5 Å². The molecule has 3 saturated heterocycles. The van der Waals surface area contributed by atoms with Gasteiger partial charge in [0.15, 0.2) is 0 Å². The Kier molecular flexibility index (Phi) is 7.02. The summed E-state index contributed by atoms with van der Waals surface area (Å²) in [5.74, 6) is -1.09. The molecule has 0 saturated carbocycles. The van der Waals surface area contributed by atoms with Crippen LogP contribution in [0.5, 0.6) is 0 Å². The lowest BCUT2D eigenvalue weighted by Gasteiger charge is -2.37. The van der Waals surface area contributed by atoms with E-state index in [2.05, 4.69) is 0 Å². The van der Waals surface area contributed by atoms with E-state index in [0.717, 1.165) is 25.9 Å². The van der Waals surface area contributed by atoms with Crippen LogP contribution in [0.15, 0.2) is 12.2 Å². The topological polar surface area (TPSA) is 103 Å². The summed E-state index contributed by atoms with van der Waals surface area (Å²) in [5, 5.41) is 8.97. The fourth-order valence-electron chi connectivity index (χ4n) is 2.62. The lowest BCUT2D eigenvalue weighted by atomic mass is 9.77. The minimum atomic E-state index is -0.974. The second-order valence-corrected chi connectivity index (χ2v) is 7.26. The summed E-state index contributed by atoms with van der Waals surface area (Å²) in [7, 11) is 0. The highest BCUT2D eigenvalue weighted by Crippen LogP contribution is 2.32. The molecule has 3 rings (SSSR count). The molecule has 0 radical (unpaired) electrons. The smallest absolute Gasteiger partial charge is 0.327 e. The number of hydrogen-bond donors (Lipinski definition) is 1. The zero-order valence-corrected chi connectivity index (χ0v) is 15.1. The summed E-state index contributed by atoms with van der Waals surface area (Å²) in [6.45, 7) is 6.91. The van der Waals surface area contributed by atoms with E-state index in [4.69, 9.17) is 33.5 Å². The fraction of sp³-hybridized carbons (Fsp3) is 0.833. The number of hydrogen-bond acceptors (Lipinski definition) is 7. The summed E-state index contributed by atoms with van der Waals surface area (Å²) < 4.78 is 33.2. The number of ether oxygens (including phenoxy) is 6. The highest BCUT2D eigenvalue weighted by atomic mass is 16.6. The van der Waals surface area contributed by atoms with Crippen LogP contribution in [0.4, 0.5) is 0 Å². The number of allylic oxidation sites excluding steroid dienone is 1. The first-order valence-corrected chi connectivity index (χ1v) is 9.06. The van der Waals surface area contributed by atoms with E-state index in [1.54, 1.807) is 6.08 Å². The largest absolute Gasteiger partial charge is 0.478 e. The van der Waals surface area contributed by atoms with E-state index in [1.807, 2.05) is 6.92 Å². The number of carboxylic acid groups (broad SMARTS) is 1. The molecule has 3 heterocycles. The third-order valence-corrected chi connectivity index (χ3v) is 4.78. The van der Waals surface area contributed by atoms with Crippen molar-refractivity contribution in [1.82, 2.24) is 0 Å². The maximum atomic E-state index is 10.9. The number of carboxylic acids is 1. The van der Waals surface area contributed by atoms with Crippen molar-refractivity contribution in [3.05, 3.63) is 12.2 Å². The summed E-state index contributed by atoms with van der Waals surface area (Å²) in [5.41, 5.74) is -0.495. The quantitative estimate of drug-likeness (QED) is 0.327. The SMILES string of the molecule is CC(C=CC(=O)O)C(COCC1CO1)(COCC1CO1)COCC1CO1. The molecule has 4 unspecified atom stereocenters. The molecular formula is C18H28O8. The molecule has 1 N–H and O–H groups in total. The van der Waals surface area contributed by atoms with Crippen molar-refractivity contribution in [2.75, 3.05) is 59.5 Å². The minimum absolute atomic E-state index is 0.112. The van der Waals surface area contributed by atoms with Crippen LogP contribution in [0.25, 0.3) is 0 Å². The number of carbonyl (C=O) groups is 1. The van der Waals surface area contributed by atoms with Crippen LogP contribution in [0.1, 0.15) is 6.92 Å². The maximum Gasteiger partial charge on any atom is 0.327 e. The maximum absolute atomic E-state index is 10.9. The first-order valence-electron chi connectivity index (χ1n) is 9.06. The highest BCUT2D eigenvalue weighted by Gasteiger charge is 2.39. The molecular weight excluding hydrogens is 344 g/mol. The van der Waals surface area contributed by atoms with E-state index < -0.39 is 11.4 Å². The Hall–Kier alpha value is -1.03. The van der Waals surface area contributed by atoms with Gasteiger partial charge in [-0.25, -0.2) is 4.79 Å². The zero-order valence-electron chi connectivity index (χ0n) is 15.1. The molecule has 3 fully saturated rings. The molecule has 0 aromatic carbocycles. The van der Waals surface area contributed by atoms with Gasteiger partial charge in [0, 0.05) is 11.5 Å². The molecule has 4 atom stereocenters. The third kappa shape index (κ3) is 6.94. The van der Waals surface area contributed by atoms with Crippen molar-refractivity contribution in [2.45, 2.75) is 25.2 Å². The molecule has 8 heteroatoms. The van der Waals surface area contributed by atoms with Gasteiger partial charge >= 0.3 is 5.97 Å². The molecule has 0 aliphatic carbocycles. The Morgan fingerprint density at radius 1 is 1.00 bits per heavy atom. The van der Waals surface area contributed by atoms with Gasteiger partial charge in [-0.3, -0.25) is 0 Å². The van der Waals surface area contributed by atoms with Crippen molar-refractivity contribution >= 4 is 5.97 Å². The van der Waals surface area contributed by atoms with Crippen molar-refractivity contribution < 1.29 is 38.3 Å². The van der Waals surface area contributed by atoms with Gasteiger partial charge in [0.1, 0.15) is 18.3 Å². The summed E-state index contributed by atoms with van der Waals surface area (Å²) in [4.78, 5) is 10.9. The van der Waals surface area contributed by atoms with Crippen molar-refractivity contribution in [3.8, 4) is 0 Å². The lowest BCUT2D eigenvalue weighted by molar-refractivity contribution is -0.131. The molecule has 3 aliphatic rings. The van der Waals surface area contributed by atoms with E-state index in [0.29, 0.717) is 39.6 Å². The lowest BCUT2D eigenvalue weighted by Crippen LogP contribution is -2.43. The molecule has 3 aliphatic heterocycles. The van der Waals surface area contributed by atoms with Gasteiger partial charge < -0.3 is 33.5 Å².